The molecule has 8 nitrogen and oxygen atoms in total. The minimum absolute atomic E-state index is 0.0448. The van der Waals surface area contributed by atoms with E-state index >= 15 is 0 Å². The summed E-state index contributed by atoms with van der Waals surface area (Å²) < 4.78 is 0. The van der Waals surface area contributed by atoms with E-state index in [0.717, 1.165) is 5.56 Å². The summed E-state index contributed by atoms with van der Waals surface area (Å²) in [6, 6.07) is 5.12. The number of aryl methyl sites for hydroxylation is 1. The van der Waals surface area contributed by atoms with Gasteiger partial charge in [-0.3, -0.25) is 10.1 Å². The molecule has 4 N–H and O–H groups in total. The standard InChI is InChI=1S/C11H11ClN6O2/c1-6-4-7(12)2-3-8(6)16-10-9(18(19)20)11(17-13)15-5-14-10/h2-5H,13H2,1H3,(H2,14,15,16,17). The zero-order valence-electron chi connectivity index (χ0n) is 10.4. The van der Waals surface area contributed by atoms with Crippen LogP contribution in [0.15, 0.2) is 24.5 Å². The van der Waals surface area contributed by atoms with E-state index in [1.54, 1.807) is 18.2 Å². The summed E-state index contributed by atoms with van der Waals surface area (Å²) in [7, 11) is 0. The van der Waals surface area contributed by atoms with Gasteiger partial charge < -0.3 is 10.7 Å². The van der Waals surface area contributed by atoms with E-state index in [4.69, 9.17) is 17.4 Å². The van der Waals surface area contributed by atoms with Crippen molar-refractivity contribution < 1.29 is 4.92 Å². The first-order valence-corrected chi connectivity index (χ1v) is 5.90. The molecule has 0 aliphatic heterocycles. The average Bonchev–Trinajstić information content (AvgIpc) is 2.41. The third-order valence-electron chi connectivity index (χ3n) is 2.58. The van der Waals surface area contributed by atoms with E-state index in [9.17, 15) is 10.1 Å². The minimum Gasteiger partial charge on any atom is -0.334 e. The van der Waals surface area contributed by atoms with Gasteiger partial charge in [0.05, 0.1) is 4.92 Å². The molecule has 1 aromatic heterocycles. The van der Waals surface area contributed by atoms with Crippen molar-refractivity contribution in [3.05, 3.63) is 45.2 Å². The largest absolute Gasteiger partial charge is 0.354 e. The molecule has 0 atom stereocenters. The molecule has 0 aliphatic rings. The van der Waals surface area contributed by atoms with Gasteiger partial charge in [-0.1, -0.05) is 11.6 Å². The number of anilines is 3. The number of nitrogens with one attached hydrogen (secondary N) is 2. The Bertz CT molecular complexity index is 663. The van der Waals surface area contributed by atoms with Crippen molar-refractivity contribution in [2.24, 2.45) is 5.84 Å². The zero-order valence-corrected chi connectivity index (χ0v) is 11.2. The molecule has 0 bridgehead atoms. The van der Waals surface area contributed by atoms with E-state index in [0.29, 0.717) is 10.7 Å². The van der Waals surface area contributed by atoms with Gasteiger partial charge in [-0.25, -0.2) is 15.8 Å². The van der Waals surface area contributed by atoms with Gasteiger partial charge in [0.1, 0.15) is 6.33 Å². The zero-order chi connectivity index (χ0) is 14.7. The van der Waals surface area contributed by atoms with Crippen molar-refractivity contribution in [2.75, 3.05) is 10.7 Å². The molecule has 0 saturated carbocycles. The fourth-order valence-electron chi connectivity index (χ4n) is 1.64. The summed E-state index contributed by atoms with van der Waals surface area (Å²) in [5.41, 5.74) is 3.32. The fourth-order valence-corrected chi connectivity index (χ4v) is 1.87. The number of hydrogen-bond donors (Lipinski definition) is 3. The molecule has 1 heterocycles. The highest BCUT2D eigenvalue weighted by Crippen LogP contribution is 2.31. The van der Waals surface area contributed by atoms with Gasteiger partial charge in [0.2, 0.25) is 11.6 Å². The van der Waals surface area contributed by atoms with E-state index in [1.807, 2.05) is 6.92 Å². The average molecular weight is 295 g/mol. The second kappa shape index (κ2) is 5.68. The molecule has 0 amide bonds. The first-order valence-electron chi connectivity index (χ1n) is 5.52. The summed E-state index contributed by atoms with van der Waals surface area (Å²) in [6.45, 7) is 1.82. The maximum absolute atomic E-state index is 11.1. The minimum atomic E-state index is -0.608. The van der Waals surface area contributed by atoms with Crippen molar-refractivity contribution in [3.8, 4) is 0 Å². The molecular formula is C11H11ClN6O2. The van der Waals surface area contributed by atoms with Crippen LogP contribution in [0.3, 0.4) is 0 Å². The van der Waals surface area contributed by atoms with Crippen molar-refractivity contribution in [1.82, 2.24) is 9.97 Å². The van der Waals surface area contributed by atoms with E-state index in [2.05, 4.69) is 20.7 Å². The predicted molar refractivity (Wildman–Crippen MR) is 76.0 cm³/mol. The highest BCUT2D eigenvalue weighted by Gasteiger charge is 2.22. The number of aromatic nitrogens is 2. The number of nitrogens with zero attached hydrogens (tertiary/aromatic N) is 3. The fraction of sp³-hybridized carbons (Fsp3) is 0.0909. The Hall–Kier alpha value is -2.45. The lowest BCUT2D eigenvalue weighted by Crippen LogP contribution is -2.12. The lowest BCUT2D eigenvalue weighted by atomic mass is 10.2. The maximum atomic E-state index is 11.1. The van der Waals surface area contributed by atoms with Gasteiger partial charge >= 0.3 is 5.69 Å². The number of nitrogens with two attached hydrogens (primary N) is 1. The van der Waals surface area contributed by atoms with Crippen LogP contribution in [0.2, 0.25) is 5.02 Å². The Morgan fingerprint density at radius 1 is 1.35 bits per heavy atom. The Kier molecular flexibility index (Phi) is 3.97. The van der Waals surface area contributed by atoms with Crippen molar-refractivity contribution in [2.45, 2.75) is 6.92 Å². The van der Waals surface area contributed by atoms with Crippen LogP contribution >= 0.6 is 11.6 Å². The third kappa shape index (κ3) is 2.76. The summed E-state index contributed by atoms with van der Waals surface area (Å²) in [6.07, 6.45) is 1.18. The first-order chi connectivity index (χ1) is 9.52. The Morgan fingerprint density at radius 3 is 2.65 bits per heavy atom. The van der Waals surface area contributed by atoms with Crippen LogP contribution in [0.25, 0.3) is 0 Å². The summed E-state index contributed by atoms with van der Waals surface area (Å²) in [5, 5.41) is 14.6. The van der Waals surface area contributed by atoms with Gasteiger partial charge in [-0.05, 0) is 30.7 Å². The number of benzene rings is 1. The topological polar surface area (TPSA) is 119 Å². The summed E-state index contributed by atoms with van der Waals surface area (Å²) in [4.78, 5) is 18.1. The van der Waals surface area contributed by atoms with Crippen LogP contribution in [-0.2, 0) is 0 Å². The van der Waals surface area contributed by atoms with Crippen LogP contribution in [-0.4, -0.2) is 14.9 Å². The monoisotopic (exact) mass is 294 g/mol. The van der Waals surface area contributed by atoms with Crippen LogP contribution in [0.1, 0.15) is 5.56 Å². The van der Waals surface area contributed by atoms with Crippen molar-refractivity contribution in [3.63, 3.8) is 0 Å². The Labute approximate surface area is 119 Å². The molecule has 0 aliphatic carbocycles. The van der Waals surface area contributed by atoms with E-state index in [-0.39, 0.29) is 17.3 Å². The number of rotatable bonds is 4. The van der Waals surface area contributed by atoms with Crippen LogP contribution in [0, 0.1) is 17.0 Å². The second-order valence-electron chi connectivity index (χ2n) is 3.91. The predicted octanol–water partition coefficient (Wildman–Crippen LogP) is 2.38. The molecule has 104 valence electrons. The molecule has 0 fully saturated rings. The van der Waals surface area contributed by atoms with Gasteiger partial charge in [0.15, 0.2) is 0 Å². The number of nitrogen functional groups attached to an aromatic ring is 1. The number of halogens is 1. The third-order valence-corrected chi connectivity index (χ3v) is 2.82. The molecule has 0 spiro atoms. The van der Waals surface area contributed by atoms with Crippen molar-refractivity contribution in [1.29, 1.82) is 0 Å². The molecule has 0 saturated heterocycles. The maximum Gasteiger partial charge on any atom is 0.354 e. The molecule has 20 heavy (non-hydrogen) atoms. The number of hydrogen-bond acceptors (Lipinski definition) is 7. The Balaban J connectivity index is 2.45. The van der Waals surface area contributed by atoms with Gasteiger partial charge in [-0.15, -0.1) is 0 Å². The van der Waals surface area contributed by atoms with E-state index < -0.39 is 4.92 Å². The molecule has 1 aromatic carbocycles. The normalized spacial score (nSPS) is 10.2. The lowest BCUT2D eigenvalue weighted by Gasteiger charge is -2.10. The molecule has 2 aromatic rings. The van der Waals surface area contributed by atoms with Crippen LogP contribution < -0.4 is 16.6 Å². The lowest BCUT2D eigenvalue weighted by molar-refractivity contribution is -0.383. The van der Waals surface area contributed by atoms with Crippen LogP contribution in [0.5, 0.6) is 0 Å². The summed E-state index contributed by atoms with van der Waals surface area (Å²) in [5.74, 6) is 5.19. The van der Waals surface area contributed by atoms with Gasteiger partial charge in [-0.2, -0.15) is 0 Å². The highest BCUT2D eigenvalue weighted by atomic mass is 35.5. The highest BCUT2D eigenvalue weighted by molar-refractivity contribution is 6.30. The van der Waals surface area contributed by atoms with Gasteiger partial charge in [0.25, 0.3) is 0 Å². The summed E-state index contributed by atoms with van der Waals surface area (Å²) >= 11 is 5.86. The number of nitro groups is 1. The smallest absolute Gasteiger partial charge is 0.334 e. The molecule has 2 rings (SSSR count). The van der Waals surface area contributed by atoms with Crippen molar-refractivity contribution >= 4 is 34.6 Å². The molecule has 0 unspecified atom stereocenters. The molecule has 9 heteroatoms. The molecular weight excluding hydrogens is 284 g/mol. The first kappa shape index (κ1) is 14.0. The van der Waals surface area contributed by atoms with Gasteiger partial charge in [0, 0.05) is 10.7 Å². The molecule has 0 radical (unpaired) electrons. The SMILES string of the molecule is Cc1cc(Cl)ccc1Nc1ncnc(NN)c1[N+](=O)[O-]. The Morgan fingerprint density at radius 2 is 2.05 bits per heavy atom. The van der Waals surface area contributed by atoms with Crippen LogP contribution in [0.4, 0.5) is 23.0 Å². The van der Waals surface area contributed by atoms with E-state index in [1.165, 1.54) is 6.33 Å². The number of hydrazine groups is 1. The quantitative estimate of drug-likeness (QED) is 0.450. The second-order valence-corrected chi connectivity index (χ2v) is 4.34.